The highest BCUT2D eigenvalue weighted by molar-refractivity contribution is 6.46. The summed E-state index contributed by atoms with van der Waals surface area (Å²) in [6, 6.07) is 9.25. The molecule has 1 aliphatic heterocycles. The number of likely N-dealkylation sites (tertiary alicyclic amines) is 1. The molecule has 0 bridgehead atoms. The summed E-state index contributed by atoms with van der Waals surface area (Å²) in [5.41, 5.74) is 0.710. The number of carbonyl (C=O) groups is 2. The summed E-state index contributed by atoms with van der Waals surface area (Å²) >= 11 is 6.23. The van der Waals surface area contributed by atoms with E-state index in [2.05, 4.69) is 0 Å². The fourth-order valence-electron chi connectivity index (χ4n) is 3.56. The van der Waals surface area contributed by atoms with Crippen LogP contribution in [0.2, 0.25) is 5.02 Å². The Morgan fingerprint density at radius 1 is 1.19 bits per heavy atom. The first-order valence-electron chi connectivity index (χ1n) is 9.84. The molecule has 1 amide bonds. The van der Waals surface area contributed by atoms with Crippen molar-refractivity contribution in [2.45, 2.75) is 19.4 Å². The Kier molecular flexibility index (Phi) is 7.30. The lowest BCUT2D eigenvalue weighted by Gasteiger charge is -2.25. The van der Waals surface area contributed by atoms with Crippen LogP contribution in [0.3, 0.4) is 0 Å². The molecule has 31 heavy (non-hydrogen) atoms. The number of hydrogen-bond donors (Lipinski definition) is 1. The largest absolute Gasteiger partial charge is 0.507 e. The number of hydrogen-bond acceptors (Lipinski definition) is 5. The molecule has 2 aromatic carbocycles. The third-order valence-corrected chi connectivity index (χ3v) is 5.27. The van der Waals surface area contributed by atoms with Crippen molar-refractivity contribution in [2.24, 2.45) is 0 Å². The van der Waals surface area contributed by atoms with Crippen molar-refractivity contribution >= 4 is 29.1 Å². The van der Waals surface area contributed by atoms with Gasteiger partial charge in [0, 0.05) is 25.8 Å². The minimum atomic E-state index is -0.859. The molecule has 1 aliphatic rings. The number of halogens is 2. The van der Waals surface area contributed by atoms with Gasteiger partial charge in [0.1, 0.15) is 17.3 Å². The van der Waals surface area contributed by atoms with E-state index in [-0.39, 0.29) is 28.5 Å². The number of benzene rings is 2. The molecule has 1 heterocycles. The number of aliphatic hydroxyl groups excluding tert-OH is 1. The molecule has 0 saturated carbocycles. The molecule has 3 rings (SSSR count). The molecule has 6 nitrogen and oxygen atoms in total. The third kappa shape index (κ3) is 4.73. The molecule has 8 heteroatoms. The molecule has 0 spiro atoms. The molecule has 1 saturated heterocycles. The number of carbonyl (C=O) groups excluding carboxylic acids is 2. The second-order valence-corrected chi connectivity index (χ2v) is 7.38. The molecule has 2 aromatic rings. The average Bonchev–Trinajstić information content (AvgIpc) is 3.00. The van der Waals surface area contributed by atoms with Crippen molar-refractivity contribution in [2.75, 3.05) is 26.9 Å². The van der Waals surface area contributed by atoms with Crippen LogP contribution in [0.1, 0.15) is 30.5 Å². The smallest absolute Gasteiger partial charge is 0.295 e. The number of ether oxygens (including phenoxy) is 2. The van der Waals surface area contributed by atoms with Crippen LogP contribution < -0.4 is 4.74 Å². The molecule has 0 aliphatic carbocycles. The molecule has 1 fully saturated rings. The predicted molar refractivity (Wildman–Crippen MR) is 115 cm³/mol. The van der Waals surface area contributed by atoms with Crippen molar-refractivity contribution in [1.82, 2.24) is 4.90 Å². The van der Waals surface area contributed by atoms with Crippen LogP contribution in [-0.4, -0.2) is 48.6 Å². The normalized spacial score (nSPS) is 17.9. The number of aliphatic hydroxyl groups is 1. The fraction of sp³-hybridized carbons (Fsp3) is 0.304. The third-order valence-electron chi connectivity index (χ3n) is 4.98. The van der Waals surface area contributed by atoms with Crippen LogP contribution in [0, 0.1) is 5.82 Å². The lowest BCUT2D eigenvalue weighted by molar-refractivity contribution is -0.140. The summed E-state index contributed by atoms with van der Waals surface area (Å²) in [6.45, 7) is 2.87. The maximum absolute atomic E-state index is 13.5. The van der Waals surface area contributed by atoms with E-state index in [4.69, 9.17) is 21.1 Å². The van der Waals surface area contributed by atoms with Gasteiger partial charge in [-0.15, -0.1) is 0 Å². The van der Waals surface area contributed by atoms with Crippen LogP contribution in [0.4, 0.5) is 4.39 Å². The van der Waals surface area contributed by atoms with Crippen molar-refractivity contribution in [1.29, 1.82) is 0 Å². The Balaban J connectivity index is 2.10. The average molecular weight is 448 g/mol. The maximum atomic E-state index is 13.5. The molecular weight excluding hydrogens is 425 g/mol. The highest BCUT2D eigenvalue weighted by Gasteiger charge is 2.45. The lowest BCUT2D eigenvalue weighted by atomic mass is 9.95. The number of nitrogens with zero attached hydrogens (tertiary/aromatic N) is 1. The van der Waals surface area contributed by atoms with Gasteiger partial charge in [0.15, 0.2) is 0 Å². The first-order valence-corrected chi connectivity index (χ1v) is 10.2. The summed E-state index contributed by atoms with van der Waals surface area (Å²) in [6.07, 6.45) is 0.496. The quantitative estimate of drug-likeness (QED) is 0.282. The van der Waals surface area contributed by atoms with E-state index in [9.17, 15) is 19.1 Å². The molecule has 1 atom stereocenters. The molecule has 0 radical (unpaired) electrons. The Morgan fingerprint density at radius 2 is 1.90 bits per heavy atom. The van der Waals surface area contributed by atoms with Crippen LogP contribution in [0.5, 0.6) is 5.75 Å². The summed E-state index contributed by atoms with van der Waals surface area (Å²) in [5, 5.41) is 11.3. The molecule has 0 aromatic heterocycles. The van der Waals surface area contributed by atoms with E-state index in [0.717, 1.165) is 0 Å². The first-order chi connectivity index (χ1) is 14.9. The van der Waals surface area contributed by atoms with Crippen molar-refractivity contribution in [3.05, 3.63) is 70.0 Å². The van der Waals surface area contributed by atoms with Gasteiger partial charge in [-0.3, -0.25) is 9.59 Å². The topological polar surface area (TPSA) is 76.1 Å². The molecule has 1 N–H and O–H groups in total. The second-order valence-electron chi connectivity index (χ2n) is 6.97. The minimum Gasteiger partial charge on any atom is -0.507 e. The van der Waals surface area contributed by atoms with E-state index >= 15 is 0 Å². The van der Waals surface area contributed by atoms with Crippen LogP contribution in [-0.2, 0) is 14.3 Å². The van der Waals surface area contributed by atoms with Gasteiger partial charge in [-0.2, -0.15) is 0 Å². The van der Waals surface area contributed by atoms with Gasteiger partial charge in [0.05, 0.1) is 23.2 Å². The Morgan fingerprint density at radius 3 is 2.52 bits per heavy atom. The van der Waals surface area contributed by atoms with E-state index in [0.29, 0.717) is 30.9 Å². The van der Waals surface area contributed by atoms with Gasteiger partial charge in [0.25, 0.3) is 11.7 Å². The van der Waals surface area contributed by atoms with E-state index in [1.807, 2.05) is 6.92 Å². The van der Waals surface area contributed by atoms with Gasteiger partial charge < -0.3 is 19.5 Å². The van der Waals surface area contributed by atoms with Crippen LogP contribution in [0.15, 0.2) is 48.0 Å². The standard InChI is InChI=1S/C23H23ClFNO5/c1-3-31-18-10-7-15(13-17(18)24)21(27)19-20(14-5-8-16(25)9-6-14)26(11-4-12-30-2)23(29)22(19)28/h5-10,13,20,27H,3-4,11-12H2,1-2H3/b21-19+. The monoisotopic (exact) mass is 447 g/mol. The maximum Gasteiger partial charge on any atom is 0.295 e. The number of amides is 1. The molecular formula is C23H23ClFNO5. The van der Waals surface area contributed by atoms with Crippen LogP contribution >= 0.6 is 11.6 Å². The number of ketones is 1. The van der Waals surface area contributed by atoms with E-state index in [1.54, 1.807) is 19.2 Å². The minimum absolute atomic E-state index is 0.0748. The van der Waals surface area contributed by atoms with Crippen molar-refractivity contribution < 1.29 is 28.6 Å². The highest BCUT2D eigenvalue weighted by Crippen LogP contribution is 2.40. The number of rotatable bonds is 8. The van der Waals surface area contributed by atoms with E-state index < -0.39 is 23.5 Å². The second kappa shape index (κ2) is 9.94. The van der Waals surface area contributed by atoms with Crippen LogP contribution in [0.25, 0.3) is 5.76 Å². The molecule has 1 unspecified atom stereocenters. The lowest BCUT2D eigenvalue weighted by Crippen LogP contribution is -2.31. The van der Waals surface area contributed by atoms with Crippen molar-refractivity contribution in [3.8, 4) is 5.75 Å². The summed E-state index contributed by atoms with van der Waals surface area (Å²) in [7, 11) is 1.54. The van der Waals surface area contributed by atoms with Gasteiger partial charge in [-0.25, -0.2) is 4.39 Å². The Bertz CT molecular complexity index is 1010. The predicted octanol–water partition coefficient (Wildman–Crippen LogP) is 4.34. The first kappa shape index (κ1) is 22.8. The zero-order chi connectivity index (χ0) is 22.5. The zero-order valence-electron chi connectivity index (χ0n) is 17.2. The van der Waals surface area contributed by atoms with Gasteiger partial charge in [-0.1, -0.05) is 23.7 Å². The zero-order valence-corrected chi connectivity index (χ0v) is 18.0. The van der Waals surface area contributed by atoms with E-state index in [1.165, 1.54) is 35.2 Å². The van der Waals surface area contributed by atoms with Gasteiger partial charge >= 0.3 is 0 Å². The van der Waals surface area contributed by atoms with Gasteiger partial charge in [-0.05, 0) is 49.2 Å². The van der Waals surface area contributed by atoms with Gasteiger partial charge in [0.2, 0.25) is 0 Å². The van der Waals surface area contributed by atoms with Crippen molar-refractivity contribution in [3.63, 3.8) is 0 Å². The SMILES string of the molecule is CCOc1ccc(/C(O)=C2\C(=O)C(=O)N(CCCOC)C2c2ccc(F)cc2)cc1Cl. The Labute approximate surface area is 184 Å². The summed E-state index contributed by atoms with van der Waals surface area (Å²) in [4.78, 5) is 27.0. The fourth-order valence-corrected chi connectivity index (χ4v) is 3.79. The highest BCUT2D eigenvalue weighted by atomic mass is 35.5. The summed E-state index contributed by atoms with van der Waals surface area (Å²) in [5.74, 6) is -1.90. The molecule has 164 valence electrons. The Hall–Kier alpha value is -2.90. The number of Topliss-reactive ketones (excluding diaryl/α,β-unsaturated/α-hetero) is 1. The summed E-state index contributed by atoms with van der Waals surface area (Å²) < 4.78 is 23.9. The number of methoxy groups -OCH3 is 1.